The number of hydrogen-bond acceptors (Lipinski definition) is 4. The molecule has 0 aromatic carbocycles. The Kier molecular flexibility index (Phi) is 3.68. The van der Waals surface area contributed by atoms with Gasteiger partial charge in [-0.25, -0.2) is 4.79 Å². The fourth-order valence-corrected chi connectivity index (χ4v) is 1.16. The van der Waals surface area contributed by atoms with Crippen molar-refractivity contribution in [3.8, 4) is 0 Å². The Morgan fingerprint density at radius 1 is 1.44 bits per heavy atom. The number of aliphatic hydroxyl groups excluding tert-OH is 1. The summed E-state index contributed by atoms with van der Waals surface area (Å²) in [6.45, 7) is 2.95. The molecule has 0 radical (unpaired) electrons. The minimum absolute atomic E-state index is 0.0180. The number of aryl methyl sites for hydroxylation is 1. The number of carboxylic acid groups (broad SMARTS) is 1. The van der Waals surface area contributed by atoms with Crippen molar-refractivity contribution in [2.45, 2.75) is 26.0 Å². The van der Waals surface area contributed by atoms with E-state index in [9.17, 15) is 9.59 Å². The summed E-state index contributed by atoms with van der Waals surface area (Å²) in [7, 11) is 0. The van der Waals surface area contributed by atoms with Crippen molar-refractivity contribution in [2.75, 3.05) is 0 Å². The molecule has 16 heavy (non-hydrogen) atoms. The molecule has 3 N–H and O–H groups in total. The molecule has 0 aliphatic carbocycles. The van der Waals surface area contributed by atoms with Crippen molar-refractivity contribution in [1.29, 1.82) is 0 Å². The Bertz CT molecular complexity index is 396. The molecular formula is C10H13NO5. The number of furan rings is 1. The SMILES string of the molecule is Cc1ccc(C(=O)NC(C(=O)O)C(C)O)o1. The summed E-state index contributed by atoms with van der Waals surface area (Å²) in [5, 5.41) is 20.1. The van der Waals surface area contributed by atoms with Gasteiger partial charge in [-0.05, 0) is 26.0 Å². The second-order valence-corrected chi connectivity index (χ2v) is 3.44. The Hall–Kier alpha value is -1.82. The van der Waals surface area contributed by atoms with Gasteiger partial charge in [-0.2, -0.15) is 0 Å². The van der Waals surface area contributed by atoms with Gasteiger partial charge < -0.3 is 19.9 Å². The Morgan fingerprint density at radius 3 is 2.44 bits per heavy atom. The van der Waals surface area contributed by atoms with Gasteiger partial charge in [-0.3, -0.25) is 4.79 Å². The topological polar surface area (TPSA) is 99.8 Å². The number of carbonyl (C=O) groups is 2. The molecule has 0 saturated heterocycles. The van der Waals surface area contributed by atoms with Crippen LogP contribution in [0.2, 0.25) is 0 Å². The molecule has 6 heteroatoms. The zero-order valence-electron chi connectivity index (χ0n) is 8.93. The Labute approximate surface area is 91.9 Å². The molecule has 0 aliphatic heterocycles. The Morgan fingerprint density at radius 2 is 2.06 bits per heavy atom. The van der Waals surface area contributed by atoms with Gasteiger partial charge in [0.05, 0.1) is 6.10 Å². The number of carbonyl (C=O) groups excluding carboxylic acids is 1. The van der Waals surface area contributed by atoms with Crippen LogP contribution in [0.5, 0.6) is 0 Å². The van der Waals surface area contributed by atoms with E-state index in [2.05, 4.69) is 5.32 Å². The third kappa shape index (κ3) is 2.83. The number of nitrogens with one attached hydrogen (secondary N) is 1. The van der Waals surface area contributed by atoms with E-state index in [-0.39, 0.29) is 5.76 Å². The smallest absolute Gasteiger partial charge is 0.328 e. The predicted octanol–water partition coefficient (Wildman–Crippen LogP) is 0.152. The lowest BCUT2D eigenvalue weighted by molar-refractivity contribution is -0.141. The molecule has 1 heterocycles. The maximum atomic E-state index is 11.5. The molecule has 2 unspecified atom stereocenters. The van der Waals surface area contributed by atoms with E-state index in [1.807, 2.05) is 0 Å². The first-order valence-corrected chi connectivity index (χ1v) is 4.70. The van der Waals surface area contributed by atoms with Gasteiger partial charge in [0.25, 0.3) is 5.91 Å². The number of hydrogen-bond donors (Lipinski definition) is 3. The van der Waals surface area contributed by atoms with Gasteiger partial charge in [-0.1, -0.05) is 0 Å². The fraction of sp³-hybridized carbons (Fsp3) is 0.400. The van der Waals surface area contributed by atoms with E-state index in [1.54, 1.807) is 13.0 Å². The Balaban J connectivity index is 2.73. The average molecular weight is 227 g/mol. The molecular weight excluding hydrogens is 214 g/mol. The zero-order valence-corrected chi connectivity index (χ0v) is 8.93. The molecule has 0 spiro atoms. The van der Waals surface area contributed by atoms with Gasteiger partial charge in [0.2, 0.25) is 0 Å². The summed E-state index contributed by atoms with van der Waals surface area (Å²) >= 11 is 0. The van der Waals surface area contributed by atoms with Gasteiger partial charge in [0.1, 0.15) is 5.76 Å². The highest BCUT2D eigenvalue weighted by Gasteiger charge is 2.26. The van der Waals surface area contributed by atoms with Crippen molar-refractivity contribution in [3.05, 3.63) is 23.7 Å². The van der Waals surface area contributed by atoms with Crippen LogP contribution < -0.4 is 5.32 Å². The van der Waals surface area contributed by atoms with Crippen molar-refractivity contribution in [2.24, 2.45) is 0 Å². The second kappa shape index (κ2) is 4.80. The molecule has 0 bridgehead atoms. The average Bonchev–Trinajstić information content (AvgIpc) is 2.59. The van der Waals surface area contributed by atoms with Gasteiger partial charge in [-0.15, -0.1) is 0 Å². The molecule has 0 aliphatic rings. The van der Waals surface area contributed by atoms with E-state index in [0.717, 1.165) is 0 Å². The van der Waals surface area contributed by atoms with E-state index in [4.69, 9.17) is 14.6 Å². The summed E-state index contributed by atoms with van der Waals surface area (Å²) in [6.07, 6.45) is -1.18. The number of aliphatic carboxylic acids is 1. The van der Waals surface area contributed by atoms with E-state index in [0.29, 0.717) is 5.76 Å². The van der Waals surface area contributed by atoms with E-state index in [1.165, 1.54) is 13.0 Å². The van der Waals surface area contributed by atoms with E-state index >= 15 is 0 Å². The van der Waals surface area contributed by atoms with Crippen LogP contribution in [0.15, 0.2) is 16.5 Å². The lowest BCUT2D eigenvalue weighted by Gasteiger charge is -2.15. The number of rotatable bonds is 4. The van der Waals surface area contributed by atoms with Crippen LogP contribution in [-0.2, 0) is 4.79 Å². The van der Waals surface area contributed by atoms with Gasteiger partial charge >= 0.3 is 5.97 Å². The third-order valence-electron chi connectivity index (χ3n) is 2.00. The minimum Gasteiger partial charge on any atom is -0.480 e. The summed E-state index contributed by atoms with van der Waals surface area (Å²) < 4.78 is 5.02. The maximum absolute atomic E-state index is 11.5. The zero-order chi connectivity index (χ0) is 12.3. The third-order valence-corrected chi connectivity index (χ3v) is 2.00. The van der Waals surface area contributed by atoms with Crippen LogP contribution in [0.25, 0.3) is 0 Å². The van der Waals surface area contributed by atoms with Crippen molar-refractivity contribution in [1.82, 2.24) is 5.32 Å². The molecule has 1 amide bonds. The lowest BCUT2D eigenvalue weighted by atomic mass is 10.2. The van der Waals surface area contributed by atoms with Crippen molar-refractivity contribution >= 4 is 11.9 Å². The van der Waals surface area contributed by atoms with Gasteiger partial charge in [0, 0.05) is 0 Å². The highest BCUT2D eigenvalue weighted by atomic mass is 16.4. The standard InChI is InChI=1S/C10H13NO5/c1-5-3-4-7(16-5)9(13)11-8(6(2)12)10(14)15/h3-4,6,8,12H,1-2H3,(H,11,13)(H,14,15). The normalized spacial score (nSPS) is 14.2. The first-order chi connectivity index (χ1) is 7.41. The highest BCUT2D eigenvalue weighted by Crippen LogP contribution is 2.06. The van der Waals surface area contributed by atoms with E-state index < -0.39 is 24.0 Å². The molecule has 1 aromatic heterocycles. The summed E-state index contributed by atoms with van der Waals surface area (Å²) in [5.74, 6) is -1.40. The molecule has 6 nitrogen and oxygen atoms in total. The van der Waals surface area contributed by atoms with Crippen LogP contribution >= 0.6 is 0 Å². The van der Waals surface area contributed by atoms with Crippen molar-refractivity contribution < 1.29 is 24.2 Å². The molecule has 1 aromatic rings. The van der Waals surface area contributed by atoms with Crippen LogP contribution in [0, 0.1) is 6.92 Å². The predicted molar refractivity (Wildman–Crippen MR) is 54.0 cm³/mol. The fourth-order valence-electron chi connectivity index (χ4n) is 1.16. The maximum Gasteiger partial charge on any atom is 0.328 e. The second-order valence-electron chi connectivity index (χ2n) is 3.44. The largest absolute Gasteiger partial charge is 0.480 e. The van der Waals surface area contributed by atoms with Crippen LogP contribution in [-0.4, -0.2) is 34.2 Å². The molecule has 0 fully saturated rings. The van der Waals surface area contributed by atoms with Crippen LogP contribution in [0.4, 0.5) is 0 Å². The minimum atomic E-state index is -1.35. The molecule has 1 rings (SSSR count). The number of amides is 1. The molecule has 0 saturated carbocycles. The molecule has 88 valence electrons. The summed E-state index contributed by atoms with van der Waals surface area (Å²) in [4.78, 5) is 22.2. The first-order valence-electron chi connectivity index (χ1n) is 4.70. The summed E-state index contributed by atoms with van der Waals surface area (Å²) in [5.41, 5.74) is 0. The number of carboxylic acids is 1. The quantitative estimate of drug-likeness (QED) is 0.680. The van der Waals surface area contributed by atoms with Crippen molar-refractivity contribution in [3.63, 3.8) is 0 Å². The highest BCUT2D eigenvalue weighted by molar-refractivity contribution is 5.94. The first kappa shape index (κ1) is 12.3. The van der Waals surface area contributed by atoms with Gasteiger partial charge in [0.15, 0.2) is 11.8 Å². The van der Waals surface area contributed by atoms with Crippen LogP contribution in [0.3, 0.4) is 0 Å². The number of aliphatic hydroxyl groups is 1. The molecule has 2 atom stereocenters. The lowest BCUT2D eigenvalue weighted by Crippen LogP contribution is -2.47. The monoisotopic (exact) mass is 227 g/mol. The van der Waals surface area contributed by atoms with Crippen LogP contribution in [0.1, 0.15) is 23.2 Å². The summed E-state index contributed by atoms with van der Waals surface area (Å²) in [6, 6.07) is 1.68.